The smallest absolute Gasteiger partial charge is 0.215 e. The fourth-order valence-electron chi connectivity index (χ4n) is 1.34. The van der Waals surface area contributed by atoms with E-state index in [0.717, 1.165) is 12.1 Å². The Bertz CT molecular complexity index is 532. The van der Waals surface area contributed by atoms with Crippen molar-refractivity contribution in [3.05, 3.63) is 35.4 Å². The van der Waals surface area contributed by atoms with E-state index in [1.807, 2.05) is 0 Å². The van der Waals surface area contributed by atoms with E-state index in [2.05, 4.69) is 4.72 Å². The molecule has 0 aromatic heterocycles. The number of nitrogens with one attached hydrogen (secondary N) is 1. The quantitative estimate of drug-likeness (QED) is 0.833. The fraction of sp³-hybridized carbons (Fsp3) is 0.500. The lowest BCUT2D eigenvalue weighted by Gasteiger charge is -2.15. The summed E-state index contributed by atoms with van der Waals surface area (Å²) in [4.78, 5) is 0. The standard InChI is InChI=1S/C12H17F2NO3S/c1-8(2)12(16)6-15-19(17,18)7-9-3-4-10(13)5-11(9)14/h3-5,8,12,15-16H,6-7H2,1-2H3. The summed E-state index contributed by atoms with van der Waals surface area (Å²) in [6.45, 7) is 3.36. The van der Waals surface area contributed by atoms with E-state index in [0.29, 0.717) is 6.07 Å². The maximum absolute atomic E-state index is 13.3. The topological polar surface area (TPSA) is 66.4 Å². The van der Waals surface area contributed by atoms with E-state index in [9.17, 15) is 22.3 Å². The number of rotatable bonds is 6. The third-order valence-electron chi connectivity index (χ3n) is 2.64. The van der Waals surface area contributed by atoms with Gasteiger partial charge < -0.3 is 5.11 Å². The second-order valence-corrected chi connectivity index (χ2v) is 6.46. The van der Waals surface area contributed by atoms with Gasteiger partial charge in [0.05, 0.1) is 11.9 Å². The van der Waals surface area contributed by atoms with Gasteiger partial charge in [0.2, 0.25) is 10.0 Å². The minimum Gasteiger partial charge on any atom is -0.391 e. The molecule has 1 aromatic carbocycles. The van der Waals surface area contributed by atoms with Crippen molar-refractivity contribution in [2.75, 3.05) is 6.54 Å². The Balaban J connectivity index is 2.69. The molecule has 0 aliphatic heterocycles. The van der Waals surface area contributed by atoms with Crippen LogP contribution in [0.25, 0.3) is 0 Å². The molecule has 1 aromatic rings. The Morgan fingerprint density at radius 3 is 2.47 bits per heavy atom. The highest BCUT2D eigenvalue weighted by atomic mass is 32.2. The van der Waals surface area contributed by atoms with Crippen LogP contribution in [0.2, 0.25) is 0 Å². The Kier molecular flexibility index (Phi) is 5.39. The lowest BCUT2D eigenvalue weighted by molar-refractivity contribution is 0.129. The molecule has 0 aliphatic rings. The SMILES string of the molecule is CC(C)C(O)CNS(=O)(=O)Cc1ccc(F)cc1F. The number of hydrogen-bond donors (Lipinski definition) is 2. The number of benzene rings is 1. The summed E-state index contributed by atoms with van der Waals surface area (Å²) in [6, 6.07) is 2.72. The van der Waals surface area contributed by atoms with Gasteiger partial charge in [0, 0.05) is 18.2 Å². The minimum atomic E-state index is -3.77. The van der Waals surface area contributed by atoms with Gasteiger partial charge in [-0.3, -0.25) is 0 Å². The summed E-state index contributed by atoms with van der Waals surface area (Å²) in [7, 11) is -3.77. The molecule has 0 aliphatic carbocycles. The van der Waals surface area contributed by atoms with Gasteiger partial charge in [0.25, 0.3) is 0 Å². The van der Waals surface area contributed by atoms with Gasteiger partial charge in [-0.05, 0) is 12.0 Å². The molecule has 0 fully saturated rings. The molecule has 0 heterocycles. The van der Waals surface area contributed by atoms with Crippen LogP contribution in [-0.4, -0.2) is 26.2 Å². The summed E-state index contributed by atoms with van der Waals surface area (Å²) < 4.78 is 51.6. The Morgan fingerprint density at radius 2 is 1.95 bits per heavy atom. The summed E-state index contributed by atoms with van der Waals surface area (Å²) in [6.07, 6.45) is -0.812. The number of aliphatic hydroxyl groups is 1. The average molecular weight is 293 g/mol. The number of halogens is 2. The van der Waals surface area contributed by atoms with E-state index in [-0.39, 0.29) is 18.0 Å². The molecule has 1 atom stereocenters. The second kappa shape index (κ2) is 6.40. The highest BCUT2D eigenvalue weighted by Gasteiger charge is 2.17. The maximum atomic E-state index is 13.3. The second-order valence-electron chi connectivity index (χ2n) is 4.65. The molecule has 0 amide bonds. The fourth-order valence-corrected chi connectivity index (χ4v) is 2.51. The van der Waals surface area contributed by atoms with E-state index in [1.54, 1.807) is 13.8 Å². The predicted molar refractivity (Wildman–Crippen MR) is 67.8 cm³/mol. The molecular weight excluding hydrogens is 276 g/mol. The molecule has 2 N–H and O–H groups in total. The zero-order valence-corrected chi connectivity index (χ0v) is 11.5. The van der Waals surface area contributed by atoms with Crippen LogP contribution >= 0.6 is 0 Å². The van der Waals surface area contributed by atoms with E-state index < -0.39 is 33.5 Å². The molecule has 1 unspecified atom stereocenters. The zero-order valence-electron chi connectivity index (χ0n) is 10.7. The minimum absolute atomic E-state index is 0.0924. The molecule has 0 saturated carbocycles. The largest absolute Gasteiger partial charge is 0.391 e. The molecule has 19 heavy (non-hydrogen) atoms. The van der Waals surface area contributed by atoms with Crippen molar-refractivity contribution in [3.8, 4) is 0 Å². The van der Waals surface area contributed by atoms with Crippen LogP contribution in [0, 0.1) is 17.6 Å². The first-order chi connectivity index (χ1) is 8.71. The monoisotopic (exact) mass is 293 g/mol. The van der Waals surface area contributed by atoms with Crippen LogP contribution in [0.4, 0.5) is 8.78 Å². The van der Waals surface area contributed by atoms with E-state index in [1.165, 1.54) is 0 Å². The third kappa shape index (κ3) is 5.22. The van der Waals surface area contributed by atoms with Gasteiger partial charge in [0.15, 0.2) is 0 Å². The number of sulfonamides is 1. The maximum Gasteiger partial charge on any atom is 0.215 e. The van der Waals surface area contributed by atoms with Gasteiger partial charge in [-0.2, -0.15) is 0 Å². The average Bonchev–Trinajstić information content (AvgIpc) is 2.29. The number of hydrogen-bond acceptors (Lipinski definition) is 3. The van der Waals surface area contributed by atoms with Gasteiger partial charge in [-0.1, -0.05) is 19.9 Å². The van der Waals surface area contributed by atoms with Crippen LogP contribution < -0.4 is 4.72 Å². The molecule has 1 rings (SSSR count). The highest BCUT2D eigenvalue weighted by Crippen LogP contribution is 2.12. The third-order valence-corrected chi connectivity index (χ3v) is 3.94. The summed E-state index contributed by atoms with van der Waals surface area (Å²) in [5.41, 5.74) is -0.118. The van der Waals surface area contributed by atoms with Gasteiger partial charge in [0.1, 0.15) is 11.6 Å². The van der Waals surface area contributed by atoms with Crippen molar-refractivity contribution < 1.29 is 22.3 Å². The predicted octanol–water partition coefficient (Wildman–Crippen LogP) is 1.40. The molecule has 0 saturated heterocycles. The Labute approximate surface area is 111 Å². The molecule has 108 valence electrons. The number of aliphatic hydroxyl groups excluding tert-OH is 1. The summed E-state index contributed by atoms with van der Waals surface area (Å²) in [5, 5.41) is 9.50. The highest BCUT2D eigenvalue weighted by molar-refractivity contribution is 7.88. The lowest BCUT2D eigenvalue weighted by Crippen LogP contribution is -2.35. The van der Waals surface area contributed by atoms with Crippen molar-refractivity contribution in [1.29, 1.82) is 0 Å². The zero-order chi connectivity index (χ0) is 14.6. The molecule has 4 nitrogen and oxygen atoms in total. The van der Waals surface area contributed by atoms with Crippen LogP contribution in [-0.2, 0) is 15.8 Å². The first-order valence-electron chi connectivity index (χ1n) is 5.80. The van der Waals surface area contributed by atoms with Crippen LogP contribution in [0.15, 0.2) is 18.2 Å². The van der Waals surface area contributed by atoms with Crippen molar-refractivity contribution in [1.82, 2.24) is 4.72 Å². The first kappa shape index (κ1) is 16.0. The van der Waals surface area contributed by atoms with Gasteiger partial charge in [-0.25, -0.2) is 21.9 Å². The van der Waals surface area contributed by atoms with Crippen LogP contribution in [0.1, 0.15) is 19.4 Å². The van der Waals surface area contributed by atoms with Crippen LogP contribution in [0.3, 0.4) is 0 Å². The van der Waals surface area contributed by atoms with Crippen molar-refractivity contribution in [2.45, 2.75) is 25.7 Å². The molecule has 7 heteroatoms. The van der Waals surface area contributed by atoms with E-state index >= 15 is 0 Å². The van der Waals surface area contributed by atoms with E-state index in [4.69, 9.17) is 0 Å². The molecule has 0 radical (unpaired) electrons. The Morgan fingerprint density at radius 1 is 1.32 bits per heavy atom. The van der Waals surface area contributed by atoms with Crippen molar-refractivity contribution >= 4 is 10.0 Å². The van der Waals surface area contributed by atoms with Gasteiger partial charge in [-0.15, -0.1) is 0 Å². The summed E-state index contributed by atoms with van der Waals surface area (Å²) >= 11 is 0. The van der Waals surface area contributed by atoms with Crippen LogP contribution in [0.5, 0.6) is 0 Å². The van der Waals surface area contributed by atoms with Gasteiger partial charge >= 0.3 is 0 Å². The van der Waals surface area contributed by atoms with Crippen molar-refractivity contribution in [3.63, 3.8) is 0 Å². The molecule has 0 bridgehead atoms. The normalized spacial score (nSPS) is 13.8. The first-order valence-corrected chi connectivity index (χ1v) is 7.46. The lowest BCUT2D eigenvalue weighted by atomic mass is 10.1. The van der Waals surface area contributed by atoms with Crippen molar-refractivity contribution in [2.24, 2.45) is 5.92 Å². The molecular formula is C12H17F2NO3S. The summed E-state index contributed by atoms with van der Waals surface area (Å²) in [5.74, 6) is -2.36. The Hall–Kier alpha value is -1.05. The molecule has 0 spiro atoms.